The normalized spacial score (nSPS) is 10.7. The van der Waals surface area contributed by atoms with Crippen molar-refractivity contribution in [3.63, 3.8) is 0 Å². The zero-order valence-electron chi connectivity index (χ0n) is 10.4. The molecular weight excluding hydrogens is 348 g/mol. The summed E-state index contributed by atoms with van der Waals surface area (Å²) in [6.07, 6.45) is 1.04. The molecule has 0 N–H and O–H groups in total. The predicted molar refractivity (Wildman–Crippen MR) is 78.3 cm³/mol. The summed E-state index contributed by atoms with van der Waals surface area (Å²) >= 11 is 6.96. The summed E-state index contributed by atoms with van der Waals surface area (Å²) in [5, 5.41) is 0.800. The number of alkyl halides is 1. The van der Waals surface area contributed by atoms with Gasteiger partial charge >= 0.3 is 0 Å². The van der Waals surface area contributed by atoms with Gasteiger partial charge in [-0.05, 0) is 46.0 Å². The number of benzene rings is 1. The molecule has 0 saturated carbocycles. The highest BCUT2D eigenvalue weighted by atomic mass is 79.9. The molecule has 0 atom stereocenters. The quantitative estimate of drug-likeness (QED) is 0.675. The van der Waals surface area contributed by atoms with Crippen molar-refractivity contribution in [3.05, 3.63) is 22.2 Å². The molecule has 0 aliphatic rings. The Balaban J connectivity index is 2.82. The van der Waals surface area contributed by atoms with Crippen LogP contribution in [0.2, 0.25) is 0 Å². The second kappa shape index (κ2) is 7.27. The zero-order chi connectivity index (χ0) is 12.8. The maximum atomic E-state index is 5.78. The van der Waals surface area contributed by atoms with Crippen molar-refractivity contribution in [3.8, 4) is 11.5 Å². The monoisotopic (exact) mass is 364 g/mol. The Morgan fingerprint density at radius 3 is 2.53 bits per heavy atom. The molecule has 96 valence electrons. The fraction of sp³-hybridized carbons (Fsp3) is 0.538. The zero-order valence-corrected chi connectivity index (χ0v) is 13.6. The molecule has 0 aliphatic carbocycles. The SMILES string of the molecule is COc1cc(CBr)cc(Br)c1OCCC(C)C. The molecule has 0 heterocycles. The highest BCUT2D eigenvalue weighted by molar-refractivity contribution is 9.10. The highest BCUT2D eigenvalue weighted by Gasteiger charge is 2.11. The van der Waals surface area contributed by atoms with Crippen molar-refractivity contribution >= 4 is 31.9 Å². The third kappa shape index (κ3) is 4.51. The minimum Gasteiger partial charge on any atom is -0.493 e. The van der Waals surface area contributed by atoms with Crippen LogP contribution in [-0.2, 0) is 5.33 Å². The van der Waals surface area contributed by atoms with E-state index in [4.69, 9.17) is 9.47 Å². The maximum Gasteiger partial charge on any atom is 0.175 e. The fourth-order valence-corrected chi connectivity index (χ4v) is 2.31. The molecular formula is C13H18Br2O2. The van der Waals surface area contributed by atoms with Crippen molar-refractivity contribution in [2.45, 2.75) is 25.6 Å². The molecule has 1 rings (SSSR count). The van der Waals surface area contributed by atoms with Gasteiger partial charge in [0, 0.05) is 5.33 Å². The summed E-state index contributed by atoms with van der Waals surface area (Å²) in [7, 11) is 1.66. The third-order valence-corrected chi connectivity index (χ3v) is 3.62. The van der Waals surface area contributed by atoms with E-state index < -0.39 is 0 Å². The molecule has 0 spiro atoms. The van der Waals surface area contributed by atoms with Gasteiger partial charge in [-0.15, -0.1) is 0 Å². The number of rotatable bonds is 6. The number of halogens is 2. The van der Waals surface area contributed by atoms with Gasteiger partial charge in [0.25, 0.3) is 0 Å². The molecule has 0 saturated heterocycles. The topological polar surface area (TPSA) is 18.5 Å². The minimum absolute atomic E-state index is 0.640. The first-order valence-electron chi connectivity index (χ1n) is 5.63. The molecule has 4 heteroatoms. The van der Waals surface area contributed by atoms with Gasteiger partial charge in [-0.2, -0.15) is 0 Å². The lowest BCUT2D eigenvalue weighted by atomic mass is 10.1. The van der Waals surface area contributed by atoms with Crippen molar-refractivity contribution in [2.75, 3.05) is 13.7 Å². The fourth-order valence-electron chi connectivity index (χ4n) is 1.39. The van der Waals surface area contributed by atoms with Gasteiger partial charge in [-0.3, -0.25) is 0 Å². The molecule has 0 radical (unpaired) electrons. The van der Waals surface area contributed by atoms with Crippen molar-refractivity contribution in [1.29, 1.82) is 0 Å². The molecule has 0 aliphatic heterocycles. The van der Waals surface area contributed by atoms with E-state index in [-0.39, 0.29) is 0 Å². The van der Waals surface area contributed by atoms with E-state index in [1.807, 2.05) is 12.1 Å². The first-order valence-corrected chi connectivity index (χ1v) is 7.55. The summed E-state index contributed by atoms with van der Waals surface area (Å²) in [5.41, 5.74) is 1.16. The summed E-state index contributed by atoms with van der Waals surface area (Å²) < 4.78 is 12.1. The first kappa shape index (κ1) is 14.8. The van der Waals surface area contributed by atoms with Crippen LogP contribution in [0.15, 0.2) is 16.6 Å². The van der Waals surface area contributed by atoms with Gasteiger partial charge < -0.3 is 9.47 Å². The molecule has 1 aromatic rings. The summed E-state index contributed by atoms with van der Waals surface area (Å²) in [5.74, 6) is 2.21. The Morgan fingerprint density at radius 1 is 1.29 bits per heavy atom. The van der Waals surface area contributed by atoms with Crippen LogP contribution < -0.4 is 9.47 Å². The molecule has 2 nitrogen and oxygen atoms in total. The predicted octanol–water partition coefficient (Wildman–Crippen LogP) is 4.78. The summed E-state index contributed by atoms with van der Waals surface area (Å²) in [6, 6.07) is 4.03. The molecule has 0 unspecified atom stereocenters. The van der Waals surface area contributed by atoms with Crippen LogP contribution in [0.4, 0.5) is 0 Å². The lowest BCUT2D eigenvalue weighted by Gasteiger charge is -2.14. The van der Waals surface area contributed by atoms with Gasteiger partial charge in [0.05, 0.1) is 18.2 Å². The van der Waals surface area contributed by atoms with Crippen molar-refractivity contribution < 1.29 is 9.47 Å². The molecule has 0 bridgehead atoms. The van der Waals surface area contributed by atoms with Crippen LogP contribution in [0, 0.1) is 5.92 Å². The lowest BCUT2D eigenvalue weighted by molar-refractivity contribution is 0.271. The highest BCUT2D eigenvalue weighted by Crippen LogP contribution is 2.37. The van der Waals surface area contributed by atoms with Crippen LogP contribution in [-0.4, -0.2) is 13.7 Å². The maximum absolute atomic E-state index is 5.78. The van der Waals surface area contributed by atoms with Crippen LogP contribution in [0.3, 0.4) is 0 Å². The van der Waals surface area contributed by atoms with Gasteiger partial charge in [0.2, 0.25) is 0 Å². The molecule has 0 fully saturated rings. The van der Waals surface area contributed by atoms with Crippen LogP contribution in [0.1, 0.15) is 25.8 Å². The van der Waals surface area contributed by atoms with Crippen LogP contribution in [0.5, 0.6) is 11.5 Å². The number of hydrogen-bond acceptors (Lipinski definition) is 2. The van der Waals surface area contributed by atoms with E-state index in [2.05, 4.69) is 45.7 Å². The average molecular weight is 366 g/mol. The van der Waals surface area contributed by atoms with Crippen molar-refractivity contribution in [1.82, 2.24) is 0 Å². The van der Waals surface area contributed by atoms with Gasteiger partial charge in [-0.1, -0.05) is 29.8 Å². The smallest absolute Gasteiger partial charge is 0.175 e. The largest absolute Gasteiger partial charge is 0.493 e. The van der Waals surface area contributed by atoms with Gasteiger partial charge in [0.1, 0.15) is 0 Å². The third-order valence-electron chi connectivity index (χ3n) is 2.39. The Labute approximate surface area is 120 Å². The molecule has 0 amide bonds. The van der Waals surface area contributed by atoms with E-state index >= 15 is 0 Å². The van der Waals surface area contributed by atoms with Crippen molar-refractivity contribution in [2.24, 2.45) is 5.92 Å². The number of hydrogen-bond donors (Lipinski definition) is 0. The molecule has 1 aromatic carbocycles. The molecule has 0 aromatic heterocycles. The molecule has 17 heavy (non-hydrogen) atoms. The Hall–Kier alpha value is -0.220. The van der Waals surface area contributed by atoms with E-state index in [9.17, 15) is 0 Å². The second-order valence-corrected chi connectivity index (χ2v) is 5.69. The average Bonchev–Trinajstić information content (AvgIpc) is 2.30. The van der Waals surface area contributed by atoms with Gasteiger partial charge in [0.15, 0.2) is 11.5 Å². The Morgan fingerprint density at radius 2 is 2.00 bits per heavy atom. The second-order valence-electron chi connectivity index (χ2n) is 4.27. The van der Waals surface area contributed by atoms with E-state index in [0.717, 1.165) is 33.3 Å². The van der Waals surface area contributed by atoms with Gasteiger partial charge in [-0.25, -0.2) is 0 Å². The van der Waals surface area contributed by atoms with E-state index in [1.54, 1.807) is 7.11 Å². The minimum atomic E-state index is 0.640. The van der Waals surface area contributed by atoms with Crippen LogP contribution in [0.25, 0.3) is 0 Å². The number of ether oxygens (including phenoxy) is 2. The number of methoxy groups -OCH3 is 1. The lowest BCUT2D eigenvalue weighted by Crippen LogP contribution is -2.03. The Bertz CT molecular complexity index is 365. The van der Waals surface area contributed by atoms with E-state index in [0.29, 0.717) is 12.5 Å². The van der Waals surface area contributed by atoms with E-state index in [1.165, 1.54) is 0 Å². The van der Waals surface area contributed by atoms with Crippen LogP contribution >= 0.6 is 31.9 Å². The summed E-state index contributed by atoms with van der Waals surface area (Å²) in [4.78, 5) is 0. The summed E-state index contributed by atoms with van der Waals surface area (Å²) in [6.45, 7) is 5.08. The standard InChI is InChI=1S/C13H18Br2O2/c1-9(2)4-5-17-13-11(15)6-10(8-14)7-12(13)16-3/h6-7,9H,4-5,8H2,1-3H3. The first-order chi connectivity index (χ1) is 8.08. The Kier molecular flexibility index (Phi) is 6.34.